The van der Waals surface area contributed by atoms with Crippen molar-refractivity contribution < 1.29 is 4.79 Å². The van der Waals surface area contributed by atoms with Crippen LogP contribution in [0.15, 0.2) is 12.5 Å². The summed E-state index contributed by atoms with van der Waals surface area (Å²) < 4.78 is 2.23. The molecule has 0 aromatic carbocycles. The van der Waals surface area contributed by atoms with Crippen LogP contribution in [0, 0.1) is 13.8 Å². The van der Waals surface area contributed by atoms with Crippen molar-refractivity contribution in [2.24, 2.45) is 0 Å². The normalized spacial score (nSPS) is 19.5. The summed E-state index contributed by atoms with van der Waals surface area (Å²) in [7, 11) is 1.60. The van der Waals surface area contributed by atoms with Gasteiger partial charge in [0.05, 0.1) is 12.0 Å². The molecular formula is C19H27N7O. The van der Waals surface area contributed by atoms with Gasteiger partial charge in [0.15, 0.2) is 0 Å². The number of anilines is 1. The van der Waals surface area contributed by atoms with Gasteiger partial charge in [-0.1, -0.05) is 0 Å². The molecule has 2 fully saturated rings. The number of carbonyl (C=O) groups excluding carboxylic acids is 1. The van der Waals surface area contributed by atoms with E-state index >= 15 is 0 Å². The molecule has 144 valence electrons. The molecule has 1 saturated heterocycles. The predicted molar refractivity (Wildman–Crippen MR) is 103 cm³/mol. The summed E-state index contributed by atoms with van der Waals surface area (Å²) in [5.74, 6) is 0.848. The third-order valence-electron chi connectivity index (χ3n) is 5.48. The Labute approximate surface area is 159 Å². The van der Waals surface area contributed by atoms with E-state index in [1.807, 2.05) is 20.2 Å². The van der Waals surface area contributed by atoms with Crippen molar-refractivity contribution >= 4 is 11.7 Å². The smallest absolute Gasteiger partial charge is 0.288 e. The maximum absolute atomic E-state index is 11.9. The fourth-order valence-corrected chi connectivity index (χ4v) is 3.55. The lowest BCUT2D eigenvalue weighted by molar-refractivity contribution is 0.0952. The number of imidazole rings is 1. The molecule has 8 nitrogen and oxygen atoms in total. The summed E-state index contributed by atoms with van der Waals surface area (Å²) in [6.45, 7) is 6.51. The van der Waals surface area contributed by atoms with Gasteiger partial charge in [0.2, 0.25) is 5.82 Å². The average Bonchev–Trinajstić information content (AvgIpc) is 3.23. The first-order valence-corrected chi connectivity index (χ1v) is 9.63. The quantitative estimate of drug-likeness (QED) is 0.799. The molecule has 1 atom stereocenters. The average molecular weight is 369 g/mol. The Morgan fingerprint density at radius 3 is 2.81 bits per heavy atom. The van der Waals surface area contributed by atoms with E-state index in [1.165, 1.54) is 12.8 Å². The maximum atomic E-state index is 11.9. The first-order valence-electron chi connectivity index (χ1n) is 9.63. The van der Waals surface area contributed by atoms with Gasteiger partial charge in [0.1, 0.15) is 5.82 Å². The largest absolute Gasteiger partial charge is 0.355 e. The zero-order valence-corrected chi connectivity index (χ0v) is 16.2. The lowest BCUT2D eigenvalue weighted by Crippen LogP contribution is -2.33. The van der Waals surface area contributed by atoms with Crippen molar-refractivity contribution in [3.05, 3.63) is 35.3 Å². The molecule has 1 aliphatic heterocycles. The van der Waals surface area contributed by atoms with E-state index < -0.39 is 0 Å². The van der Waals surface area contributed by atoms with E-state index in [-0.39, 0.29) is 11.7 Å². The van der Waals surface area contributed by atoms with Crippen LogP contribution >= 0.6 is 0 Å². The van der Waals surface area contributed by atoms with Crippen LogP contribution in [0.4, 0.5) is 5.82 Å². The first-order chi connectivity index (χ1) is 13.0. The summed E-state index contributed by atoms with van der Waals surface area (Å²) in [5, 5.41) is 6.22. The number of nitrogens with zero attached hydrogens (tertiary/aromatic N) is 5. The second-order valence-electron chi connectivity index (χ2n) is 7.52. The van der Waals surface area contributed by atoms with Gasteiger partial charge in [-0.05, 0) is 33.1 Å². The SMILES string of the molecule is CNC(=O)c1nc(C)c(C)c(N2CC[C@@H](NCc3cn(C4CC4)cn3)C2)n1. The van der Waals surface area contributed by atoms with E-state index in [4.69, 9.17) is 0 Å². The molecule has 2 aromatic heterocycles. The van der Waals surface area contributed by atoms with Crippen LogP contribution in [0.25, 0.3) is 0 Å². The van der Waals surface area contributed by atoms with Gasteiger partial charge in [-0.15, -0.1) is 0 Å². The molecule has 4 rings (SSSR count). The molecule has 0 radical (unpaired) electrons. The third kappa shape index (κ3) is 3.80. The molecule has 3 heterocycles. The molecule has 8 heteroatoms. The predicted octanol–water partition coefficient (Wildman–Crippen LogP) is 1.35. The highest BCUT2D eigenvalue weighted by molar-refractivity contribution is 5.90. The van der Waals surface area contributed by atoms with E-state index in [2.05, 4.69) is 41.2 Å². The summed E-state index contributed by atoms with van der Waals surface area (Å²) in [6.07, 6.45) is 7.70. The summed E-state index contributed by atoms with van der Waals surface area (Å²) >= 11 is 0. The minimum atomic E-state index is -0.250. The molecule has 1 saturated carbocycles. The lowest BCUT2D eigenvalue weighted by atomic mass is 10.2. The molecule has 0 unspecified atom stereocenters. The number of aromatic nitrogens is 4. The van der Waals surface area contributed by atoms with Crippen LogP contribution in [0.5, 0.6) is 0 Å². The van der Waals surface area contributed by atoms with Crippen LogP contribution in [-0.2, 0) is 6.54 Å². The van der Waals surface area contributed by atoms with E-state index in [9.17, 15) is 4.79 Å². The molecule has 2 aliphatic rings. The maximum Gasteiger partial charge on any atom is 0.288 e. The number of carbonyl (C=O) groups is 1. The molecular weight excluding hydrogens is 342 g/mol. The number of nitrogens with one attached hydrogen (secondary N) is 2. The van der Waals surface area contributed by atoms with Crippen molar-refractivity contribution in [3.8, 4) is 0 Å². The standard InChI is InChI=1S/C19H27N7O/c1-12-13(2)23-17(19(27)20-3)24-18(12)25-7-6-14(9-25)21-8-15-10-26(11-22-15)16-4-5-16/h10-11,14,16,21H,4-9H2,1-3H3,(H,20,27)/t14-/m1/s1. The third-order valence-corrected chi connectivity index (χ3v) is 5.48. The zero-order valence-electron chi connectivity index (χ0n) is 16.2. The van der Waals surface area contributed by atoms with Crippen molar-refractivity contribution in [1.82, 2.24) is 30.2 Å². The fraction of sp³-hybridized carbons (Fsp3) is 0.579. The zero-order chi connectivity index (χ0) is 19.0. The number of hydrogen-bond acceptors (Lipinski definition) is 6. The van der Waals surface area contributed by atoms with E-state index in [1.54, 1.807) is 7.05 Å². The van der Waals surface area contributed by atoms with Gasteiger partial charge >= 0.3 is 0 Å². The number of hydrogen-bond donors (Lipinski definition) is 2. The van der Waals surface area contributed by atoms with Crippen LogP contribution in [0.1, 0.15) is 52.9 Å². The Morgan fingerprint density at radius 1 is 1.26 bits per heavy atom. The fourth-order valence-electron chi connectivity index (χ4n) is 3.55. The molecule has 1 amide bonds. The number of rotatable bonds is 6. The second kappa shape index (κ2) is 7.26. The van der Waals surface area contributed by atoms with Crippen LogP contribution < -0.4 is 15.5 Å². The Morgan fingerprint density at radius 2 is 2.07 bits per heavy atom. The highest BCUT2D eigenvalue weighted by Crippen LogP contribution is 2.34. The van der Waals surface area contributed by atoms with Gasteiger partial charge in [0.25, 0.3) is 5.91 Å². The number of amides is 1. The van der Waals surface area contributed by atoms with Gasteiger partial charge in [-0.25, -0.2) is 15.0 Å². The molecule has 1 aliphatic carbocycles. The van der Waals surface area contributed by atoms with Crippen molar-refractivity contribution in [2.45, 2.75) is 51.7 Å². The van der Waals surface area contributed by atoms with Gasteiger partial charge in [0, 0.05) is 56.2 Å². The van der Waals surface area contributed by atoms with Crippen molar-refractivity contribution in [3.63, 3.8) is 0 Å². The van der Waals surface area contributed by atoms with Crippen LogP contribution in [0.2, 0.25) is 0 Å². The highest BCUT2D eigenvalue weighted by atomic mass is 16.2. The lowest BCUT2D eigenvalue weighted by Gasteiger charge is -2.21. The first kappa shape index (κ1) is 17.9. The van der Waals surface area contributed by atoms with Crippen molar-refractivity contribution in [2.75, 3.05) is 25.0 Å². The number of aryl methyl sites for hydroxylation is 1. The Balaban J connectivity index is 1.39. The Hall–Kier alpha value is -2.48. The molecule has 0 spiro atoms. The van der Waals surface area contributed by atoms with Crippen LogP contribution in [-0.4, -0.2) is 51.6 Å². The van der Waals surface area contributed by atoms with Crippen molar-refractivity contribution in [1.29, 1.82) is 0 Å². The topological polar surface area (TPSA) is 88.0 Å². The molecule has 0 bridgehead atoms. The molecule has 2 N–H and O–H groups in total. The minimum Gasteiger partial charge on any atom is -0.355 e. The van der Waals surface area contributed by atoms with Gasteiger partial charge < -0.3 is 20.1 Å². The van der Waals surface area contributed by atoms with E-state index in [0.717, 1.165) is 48.8 Å². The Bertz CT molecular complexity index is 843. The Kier molecular flexibility index (Phi) is 4.82. The van der Waals surface area contributed by atoms with Gasteiger partial charge in [-0.2, -0.15) is 0 Å². The van der Waals surface area contributed by atoms with Crippen LogP contribution in [0.3, 0.4) is 0 Å². The molecule has 2 aromatic rings. The van der Waals surface area contributed by atoms with E-state index in [0.29, 0.717) is 12.1 Å². The summed E-state index contributed by atoms with van der Waals surface area (Å²) in [4.78, 5) is 27.5. The minimum absolute atomic E-state index is 0.234. The highest BCUT2D eigenvalue weighted by Gasteiger charge is 2.27. The second-order valence-corrected chi connectivity index (χ2v) is 7.52. The van der Waals surface area contributed by atoms with Gasteiger partial charge in [-0.3, -0.25) is 4.79 Å². The summed E-state index contributed by atoms with van der Waals surface area (Å²) in [5.41, 5.74) is 2.98. The molecule has 27 heavy (non-hydrogen) atoms. The summed E-state index contributed by atoms with van der Waals surface area (Å²) in [6, 6.07) is 1.06. The monoisotopic (exact) mass is 369 g/mol.